The van der Waals surface area contributed by atoms with Crippen molar-refractivity contribution in [3.63, 3.8) is 0 Å². The Labute approximate surface area is 127 Å². The quantitative estimate of drug-likeness (QED) is 0.933. The first-order valence-corrected chi connectivity index (χ1v) is 7.90. The molecule has 2 atom stereocenters. The van der Waals surface area contributed by atoms with Crippen LogP contribution in [-0.4, -0.2) is 22.9 Å². The Hall–Kier alpha value is -1.94. The summed E-state index contributed by atoms with van der Waals surface area (Å²) in [5.74, 6) is 0.496. The van der Waals surface area contributed by atoms with E-state index in [9.17, 15) is 9.90 Å². The third kappa shape index (κ3) is 3.05. The van der Waals surface area contributed by atoms with Crippen molar-refractivity contribution in [3.05, 3.63) is 60.2 Å². The average Bonchev–Trinajstić information content (AvgIpc) is 2.53. The maximum absolute atomic E-state index is 11.7. The number of hydrogen-bond donors (Lipinski definition) is 1. The van der Waals surface area contributed by atoms with Crippen LogP contribution in [0.15, 0.2) is 59.5 Å². The third-order valence-corrected chi connectivity index (χ3v) is 4.74. The number of aliphatic carboxylic acids is 1. The van der Waals surface area contributed by atoms with E-state index in [2.05, 4.69) is 0 Å². The normalized spacial score (nSPS) is 18.6. The summed E-state index contributed by atoms with van der Waals surface area (Å²) in [4.78, 5) is 12.8. The molecule has 0 amide bonds. The van der Waals surface area contributed by atoms with Gasteiger partial charge in [0.05, 0.1) is 0 Å². The van der Waals surface area contributed by atoms with Crippen LogP contribution in [0.5, 0.6) is 5.75 Å². The number of hydrogen-bond acceptors (Lipinski definition) is 3. The second-order valence-corrected chi connectivity index (χ2v) is 6.11. The van der Waals surface area contributed by atoms with Crippen LogP contribution in [-0.2, 0) is 4.79 Å². The molecule has 2 aromatic carbocycles. The summed E-state index contributed by atoms with van der Waals surface area (Å²) in [5.41, 5.74) is 1.08. The monoisotopic (exact) mass is 300 g/mol. The number of carbonyl (C=O) groups is 1. The Morgan fingerprint density at radius 3 is 2.62 bits per heavy atom. The van der Waals surface area contributed by atoms with Crippen molar-refractivity contribution in [1.82, 2.24) is 0 Å². The molecule has 0 radical (unpaired) electrons. The number of ether oxygens (including phenoxy) is 1. The zero-order valence-corrected chi connectivity index (χ0v) is 12.3. The molecule has 2 aromatic rings. The highest BCUT2D eigenvalue weighted by molar-refractivity contribution is 7.99. The van der Waals surface area contributed by atoms with Crippen LogP contribution in [0, 0.1) is 0 Å². The molecule has 1 heterocycles. The fourth-order valence-electron chi connectivity index (χ4n) is 2.63. The smallest absolute Gasteiger partial charge is 0.345 e. The van der Waals surface area contributed by atoms with Crippen molar-refractivity contribution >= 4 is 17.7 Å². The fourth-order valence-corrected chi connectivity index (χ4v) is 3.79. The molecule has 0 aromatic heterocycles. The van der Waals surface area contributed by atoms with Gasteiger partial charge >= 0.3 is 5.97 Å². The van der Waals surface area contributed by atoms with Crippen molar-refractivity contribution in [1.29, 1.82) is 0 Å². The molecule has 0 saturated carbocycles. The fraction of sp³-hybridized carbons (Fsp3) is 0.235. The molecule has 0 bridgehead atoms. The molecule has 3 nitrogen and oxygen atoms in total. The first-order valence-electron chi connectivity index (χ1n) is 6.92. The maximum Gasteiger partial charge on any atom is 0.345 e. The Bertz CT molecular complexity index is 627. The van der Waals surface area contributed by atoms with E-state index >= 15 is 0 Å². The summed E-state index contributed by atoms with van der Waals surface area (Å²) in [7, 11) is 0. The van der Waals surface area contributed by atoms with Gasteiger partial charge in [0.2, 0.25) is 6.10 Å². The Kier molecular flexibility index (Phi) is 4.15. The third-order valence-electron chi connectivity index (χ3n) is 3.62. The standard InChI is InChI=1S/C17H16O3S/c18-17(19)16(20-12-6-2-1-3-7-12)14-10-11-21-15-9-5-4-8-13(14)15/h1-9,14,16H,10-11H2,(H,18,19). The molecule has 108 valence electrons. The lowest BCUT2D eigenvalue weighted by atomic mass is 9.90. The molecule has 1 N–H and O–H groups in total. The van der Waals surface area contributed by atoms with Crippen LogP contribution in [0.2, 0.25) is 0 Å². The SMILES string of the molecule is O=C(O)C(Oc1ccccc1)C1CCSc2ccccc21. The van der Waals surface area contributed by atoms with Crippen LogP contribution in [0.3, 0.4) is 0 Å². The van der Waals surface area contributed by atoms with E-state index in [0.717, 1.165) is 22.6 Å². The van der Waals surface area contributed by atoms with Crippen molar-refractivity contribution in [2.45, 2.75) is 23.3 Å². The second-order valence-electron chi connectivity index (χ2n) is 4.97. The highest BCUT2D eigenvalue weighted by atomic mass is 32.2. The molecule has 1 aliphatic rings. The van der Waals surface area contributed by atoms with E-state index in [1.54, 1.807) is 23.9 Å². The van der Waals surface area contributed by atoms with E-state index in [1.807, 2.05) is 42.5 Å². The molecular weight excluding hydrogens is 284 g/mol. The van der Waals surface area contributed by atoms with Crippen molar-refractivity contribution in [2.24, 2.45) is 0 Å². The molecule has 21 heavy (non-hydrogen) atoms. The molecule has 0 aliphatic carbocycles. The van der Waals surface area contributed by atoms with Crippen molar-refractivity contribution in [3.8, 4) is 5.75 Å². The topological polar surface area (TPSA) is 46.5 Å². The maximum atomic E-state index is 11.7. The lowest BCUT2D eigenvalue weighted by molar-refractivity contribution is -0.146. The number of benzene rings is 2. The summed E-state index contributed by atoms with van der Waals surface area (Å²) < 4.78 is 5.76. The van der Waals surface area contributed by atoms with Gasteiger partial charge in [-0.05, 0) is 35.9 Å². The van der Waals surface area contributed by atoms with Crippen molar-refractivity contribution in [2.75, 3.05) is 5.75 Å². The summed E-state index contributed by atoms with van der Waals surface area (Å²) in [6.45, 7) is 0. The molecule has 3 rings (SSSR count). The lowest BCUT2D eigenvalue weighted by Gasteiger charge is -2.29. The number of thioether (sulfide) groups is 1. The zero-order chi connectivity index (χ0) is 14.7. The van der Waals surface area contributed by atoms with Gasteiger partial charge < -0.3 is 9.84 Å². The van der Waals surface area contributed by atoms with Crippen LogP contribution in [0.25, 0.3) is 0 Å². The van der Waals surface area contributed by atoms with Gasteiger partial charge in [0.15, 0.2) is 0 Å². The number of carboxylic acid groups (broad SMARTS) is 1. The first kappa shape index (κ1) is 14.0. The molecule has 4 heteroatoms. The zero-order valence-electron chi connectivity index (χ0n) is 11.4. The van der Waals surface area contributed by atoms with E-state index in [-0.39, 0.29) is 5.92 Å². The van der Waals surface area contributed by atoms with E-state index in [1.165, 1.54) is 0 Å². The lowest BCUT2D eigenvalue weighted by Crippen LogP contribution is -2.35. The summed E-state index contributed by atoms with van der Waals surface area (Å²) >= 11 is 1.78. The largest absolute Gasteiger partial charge is 0.478 e. The summed E-state index contributed by atoms with van der Waals surface area (Å²) in [6.07, 6.45) is -0.0414. The summed E-state index contributed by atoms with van der Waals surface area (Å²) in [6, 6.07) is 17.2. The van der Waals surface area contributed by atoms with E-state index in [4.69, 9.17) is 4.74 Å². The number of carboxylic acids is 1. The molecule has 0 fully saturated rings. The number of para-hydroxylation sites is 1. The molecule has 0 spiro atoms. The molecule has 2 unspecified atom stereocenters. The average molecular weight is 300 g/mol. The number of fused-ring (bicyclic) bond motifs is 1. The van der Waals surface area contributed by atoms with Gasteiger partial charge in [0, 0.05) is 10.8 Å². The van der Waals surface area contributed by atoms with Gasteiger partial charge in [-0.15, -0.1) is 11.8 Å². The summed E-state index contributed by atoms with van der Waals surface area (Å²) in [5, 5.41) is 9.58. The minimum absolute atomic E-state index is 0.111. The van der Waals surface area contributed by atoms with Gasteiger partial charge in [0.25, 0.3) is 0 Å². The molecule has 1 aliphatic heterocycles. The van der Waals surface area contributed by atoms with Crippen LogP contribution in [0.4, 0.5) is 0 Å². The molecule has 0 saturated heterocycles. The highest BCUT2D eigenvalue weighted by Crippen LogP contribution is 2.40. The van der Waals surface area contributed by atoms with Gasteiger partial charge in [-0.3, -0.25) is 0 Å². The minimum Gasteiger partial charge on any atom is -0.478 e. The minimum atomic E-state index is -0.912. The van der Waals surface area contributed by atoms with Crippen molar-refractivity contribution < 1.29 is 14.6 Å². The van der Waals surface area contributed by atoms with Gasteiger partial charge in [-0.2, -0.15) is 0 Å². The van der Waals surface area contributed by atoms with Crippen LogP contribution in [0.1, 0.15) is 17.9 Å². The molecular formula is C17H16O3S. The van der Waals surface area contributed by atoms with E-state index in [0.29, 0.717) is 5.75 Å². The second kappa shape index (κ2) is 6.22. The van der Waals surface area contributed by atoms with Crippen LogP contribution < -0.4 is 4.74 Å². The van der Waals surface area contributed by atoms with Crippen LogP contribution >= 0.6 is 11.8 Å². The Morgan fingerprint density at radius 2 is 1.86 bits per heavy atom. The number of rotatable bonds is 4. The Morgan fingerprint density at radius 1 is 1.14 bits per heavy atom. The van der Waals surface area contributed by atoms with E-state index < -0.39 is 12.1 Å². The highest BCUT2D eigenvalue weighted by Gasteiger charge is 2.34. The first-order chi connectivity index (χ1) is 10.3. The van der Waals surface area contributed by atoms with Gasteiger partial charge in [-0.1, -0.05) is 36.4 Å². The van der Waals surface area contributed by atoms with Gasteiger partial charge in [-0.25, -0.2) is 4.79 Å². The van der Waals surface area contributed by atoms with Gasteiger partial charge in [0.1, 0.15) is 5.75 Å². The predicted molar refractivity (Wildman–Crippen MR) is 83.0 cm³/mol. The Balaban J connectivity index is 1.90. The predicted octanol–water partition coefficient (Wildman–Crippen LogP) is 3.80.